The van der Waals surface area contributed by atoms with Gasteiger partial charge in [0.25, 0.3) is 0 Å². The summed E-state index contributed by atoms with van der Waals surface area (Å²) in [7, 11) is 1.51. The summed E-state index contributed by atoms with van der Waals surface area (Å²) in [4.78, 5) is 14.7. The second-order valence-corrected chi connectivity index (χ2v) is 3.45. The predicted octanol–water partition coefficient (Wildman–Crippen LogP) is 1.56. The molecular weight excluding hydrogens is 186 g/mol. The standard InChI is InChI=1S/C9H13NO4/c1-5-6(7(11)12)14-8(10-5)9(2,3)13-4/h1-4H3,(H,11,12). The lowest BCUT2D eigenvalue weighted by atomic mass is 10.1. The molecule has 0 spiro atoms. The van der Waals surface area contributed by atoms with Crippen LogP contribution in [0.5, 0.6) is 0 Å². The Labute approximate surface area is 81.7 Å². The van der Waals surface area contributed by atoms with Gasteiger partial charge in [0.2, 0.25) is 11.7 Å². The Morgan fingerprint density at radius 1 is 1.57 bits per heavy atom. The highest BCUT2D eigenvalue weighted by atomic mass is 16.5. The lowest BCUT2D eigenvalue weighted by Crippen LogP contribution is -2.19. The molecule has 5 nitrogen and oxygen atoms in total. The average Bonchev–Trinajstić information content (AvgIpc) is 2.48. The van der Waals surface area contributed by atoms with Crippen LogP contribution in [0.25, 0.3) is 0 Å². The molecule has 0 atom stereocenters. The molecule has 0 saturated carbocycles. The number of aryl methyl sites for hydroxylation is 1. The van der Waals surface area contributed by atoms with Gasteiger partial charge in [-0.05, 0) is 20.8 Å². The molecule has 0 bridgehead atoms. The summed E-state index contributed by atoms with van der Waals surface area (Å²) in [6.45, 7) is 5.09. The number of carbonyl (C=O) groups is 1. The Balaban J connectivity index is 3.15. The summed E-state index contributed by atoms with van der Waals surface area (Å²) < 4.78 is 10.2. The first-order valence-corrected chi connectivity index (χ1v) is 4.15. The minimum atomic E-state index is -1.12. The van der Waals surface area contributed by atoms with Crippen LogP contribution in [-0.2, 0) is 10.3 Å². The fourth-order valence-electron chi connectivity index (χ4n) is 0.940. The maximum Gasteiger partial charge on any atom is 0.373 e. The SMILES string of the molecule is COC(C)(C)c1nc(C)c(C(=O)O)o1. The van der Waals surface area contributed by atoms with E-state index in [1.165, 1.54) is 7.11 Å². The predicted molar refractivity (Wildman–Crippen MR) is 48.2 cm³/mol. The molecule has 78 valence electrons. The smallest absolute Gasteiger partial charge is 0.373 e. The van der Waals surface area contributed by atoms with Crippen LogP contribution < -0.4 is 0 Å². The van der Waals surface area contributed by atoms with E-state index in [0.717, 1.165) is 0 Å². The molecule has 14 heavy (non-hydrogen) atoms. The lowest BCUT2D eigenvalue weighted by Gasteiger charge is -2.17. The first-order chi connectivity index (χ1) is 6.38. The van der Waals surface area contributed by atoms with Gasteiger partial charge >= 0.3 is 5.97 Å². The maximum atomic E-state index is 10.7. The zero-order chi connectivity index (χ0) is 10.9. The summed E-state index contributed by atoms with van der Waals surface area (Å²) in [5, 5.41) is 8.74. The van der Waals surface area contributed by atoms with Gasteiger partial charge in [-0.3, -0.25) is 0 Å². The van der Waals surface area contributed by atoms with Crippen molar-refractivity contribution in [3.05, 3.63) is 17.3 Å². The quantitative estimate of drug-likeness (QED) is 0.799. The monoisotopic (exact) mass is 199 g/mol. The van der Waals surface area contributed by atoms with Gasteiger partial charge in [0, 0.05) is 7.11 Å². The number of nitrogens with zero attached hydrogens (tertiary/aromatic N) is 1. The van der Waals surface area contributed by atoms with Gasteiger partial charge in [0.15, 0.2) is 0 Å². The van der Waals surface area contributed by atoms with Gasteiger partial charge in [-0.15, -0.1) is 0 Å². The van der Waals surface area contributed by atoms with E-state index >= 15 is 0 Å². The molecule has 5 heteroatoms. The normalized spacial score (nSPS) is 11.7. The van der Waals surface area contributed by atoms with E-state index in [-0.39, 0.29) is 11.7 Å². The molecule has 0 aliphatic carbocycles. The zero-order valence-electron chi connectivity index (χ0n) is 8.62. The van der Waals surface area contributed by atoms with Crippen molar-refractivity contribution >= 4 is 5.97 Å². The van der Waals surface area contributed by atoms with E-state index in [9.17, 15) is 4.79 Å². The van der Waals surface area contributed by atoms with Gasteiger partial charge < -0.3 is 14.3 Å². The summed E-state index contributed by atoms with van der Waals surface area (Å²) in [5.41, 5.74) is -0.351. The van der Waals surface area contributed by atoms with Crippen LogP contribution in [0.1, 0.15) is 36.0 Å². The van der Waals surface area contributed by atoms with Crippen LogP contribution in [0.2, 0.25) is 0 Å². The minimum absolute atomic E-state index is 0.134. The third-order valence-electron chi connectivity index (χ3n) is 2.02. The topological polar surface area (TPSA) is 72.6 Å². The number of ether oxygens (including phenoxy) is 1. The van der Waals surface area contributed by atoms with E-state index in [1.807, 2.05) is 0 Å². The van der Waals surface area contributed by atoms with Crippen molar-refractivity contribution < 1.29 is 19.1 Å². The van der Waals surface area contributed by atoms with Gasteiger partial charge in [0.05, 0.1) is 5.69 Å². The lowest BCUT2D eigenvalue weighted by molar-refractivity contribution is -0.00471. The highest BCUT2D eigenvalue weighted by molar-refractivity contribution is 5.85. The molecule has 0 unspecified atom stereocenters. The Hall–Kier alpha value is -1.36. The van der Waals surface area contributed by atoms with E-state index < -0.39 is 11.6 Å². The highest BCUT2D eigenvalue weighted by Gasteiger charge is 2.28. The Bertz CT molecular complexity index is 354. The van der Waals surface area contributed by atoms with E-state index in [0.29, 0.717) is 5.69 Å². The number of carboxylic acid groups (broad SMARTS) is 1. The number of methoxy groups -OCH3 is 1. The first kappa shape index (κ1) is 10.7. The molecule has 0 fully saturated rings. The number of aromatic nitrogens is 1. The Kier molecular flexibility index (Phi) is 2.62. The second kappa shape index (κ2) is 3.42. The maximum absolute atomic E-state index is 10.7. The summed E-state index contributed by atoms with van der Waals surface area (Å²) >= 11 is 0. The number of rotatable bonds is 3. The zero-order valence-corrected chi connectivity index (χ0v) is 8.62. The second-order valence-electron chi connectivity index (χ2n) is 3.45. The number of carboxylic acids is 1. The number of hydrogen-bond donors (Lipinski definition) is 1. The molecule has 1 aromatic rings. The van der Waals surface area contributed by atoms with Gasteiger partial charge in [-0.1, -0.05) is 0 Å². The molecule has 0 aromatic carbocycles. The molecule has 0 aliphatic heterocycles. The third kappa shape index (κ3) is 1.77. The fraction of sp³-hybridized carbons (Fsp3) is 0.556. The molecule has 1 N–H and O–H groups in total. The van der Waals surface area contributed by atoms with Crippen molar-refractivity contribution in [3.8, 4) is 0 Å². The molecular formula is C9H13NO4. The van der Waals surface area contributed by atoms with Crippen LogP contribution in [0, 0.1) is 6.92 Å². The molecule has 0 aliphatic rings. The van der Waals surface area contributed by atoms with Crippen molar-refractivity contribution in [1.82, 2.24) is 4.98 Å². The Morgan fingerprint density at radius 3 is 2.50 bits per heavy atom. The van der Waals surface area contributed by atoms with Crippen LogP contribution >= 0.6 is 0 Å². The molecule has 0 amide bonds. The van der Waals surface area contributed by atoms with Gasteiger partial charge in [0.1, 0.15) is 5.60 Å². The summed E-state index contributed by atoms with van der Waals surface area (Å²) in [5.74, 6) is -0.979. The molecule has 1 rings (SSSR count). The van der Waals surface area contributed by atoms with Crippen LogP contribution in [0.15, 0.2) is 4.42 Å². The highest BCUT2D eigenvalue weighted by Crippen LogP contribution is 2.24. The molecule has 1 aromatic heterocycles. The number of hydrogen-bond acceptors (Lipinski definition) is 4. The Morgan fingerprint density at radius 2 is 2.14 bits per heavy atom. The van der Waals surface area contributed by atoms with E-state index in [4.69, 9.17) is 14.3 Å². The first-order valence-electron chi connectivity index (χ1n) is 4.15. The van der Waals surface area contributed by atoms with Crippen LogP contribution in [0.4, 0.5) is 0 Å². The van der Waals surface area contributed by atoms with Crippen molar-refractivity contribution in [2.24, 2.45) is 0 Å². The minimum Gasteiger partial charge on any atom is -0.475 e. The van der Waals surface area contributed by atoms with Crippen molar-refractivity contribution in [2.75, 3.05) is 7.11 Å². The largest absolute Gasteiger partial charge is 0.475 e. The van der Waals surface area contributed by atoms with Gasteiger partial charge in [-0.2, -0.15) is 0 Å². The number of oxazole rings is 1. The third-order valence-corrected chi connectivity index (χ3v) is 2.02. The molecule has 0 saturated heterocycles. The average molecular weight is 199 g/mol. The van der Waals surface area contributed by atoms with Gasteiger partial charge in [-0.25, -0.2) is 9.78 Å². The van der Waals surface area contributed by atoms with Crippen molar-refractivity contribution in [2.45, 2.75) is 26.4 Å². The molecule has 1 heterocycles. The summed E-state index contributed by atoms with van der Waals surface area (Å²) in [6, 6.07) is 0. The van der Waals surface area contributed by atoms with Crippen molar-refractivity contribution in [3.63, 3.8) is 0 Å². The van der Waals surface area contributed by atoms with E-state index in [1.54, 1.807) is 20.8 Å². The summed E-state index contributed by atoms with van der Waals surface area (Å²) in [6.07, 6.45) is 0. The van der Waals surface area contributed by atoms with E-state index in [2.05, 4.69) is 4.98 Å². The van der Waals surface area contributed by atoms with Crippen molar-refractivity contribution in [1.29, 1.82) is 0 Å². The number of aromatic carboxylic acids is 1. The van der Waals surface area contributed by atoms with Crippen LogP contribution in [-0.4, -0.2) is 23.2 Å². The van der Waals surface area contributed by atoms with Crippen LogP contribution in [0.3, 0.4) is 0 Å². The molecule has 0 radical (unpaired) electrons. The fourth-order valence-corrected chi connectivity index (χ4v) is 0.940.